The maximum Gasteiger partial charge on any atom is 0.241 e. The van der Waals surface area contributed by atoms with Gasteiger partial charge in [-0.15, -0.1) is 0 Å². The van der Waals surface area contributed by atoms with Crippen molar-refractivity contribution in [3.63, 3.8) is 0 Å². The van der Waals surface area contributed by atoms with Gasteiger partial charge in [-0.25, -0.2) is 13.1 Å². The first-order valence-electron chi connectivity index (χ1n) is 5.42. The van der Waals surface area contributed by atoms with Crippen molar-refractivity contribution in [1.29, 1.82) is 0 Å². The number of halogens is 1. The van der Waals surface area contributed by atoms with Gasteiger partial charge in [0.2, 0.25) is 10.0 Å². The molecule has 1 heterocycles. The Balaban J connectivity index is 2.25. The lowest BCUT2D eigenvalue weighted by molar-refractivity contribution is 0.452. The second kappa shape index (κ2) is 4.57. The summed E-state index contributed by atoms with van der Waals surface area (Å²) < 4.78 is 27.0. The van der Waals surface area contributed by atoms with Crippen molar-refractivity contribution in [2.45, 2.75) is 23.8 Å². The van der Waals surface area contributed by atoms with Gasteiger partial charge in [0.1, 0.15) is 0 Å². The number of nitrogens with one attached hydrogen (secondary N) is 2. The van der Waals surface area contributed by atoms with E-state index in [0.717, 1.165) is 13.0 Å². The molecule has 4 nitrogen and oxygen atoms in total. The van der Waals surface area contributed by atoms with Crippen LogP contribution in [-0.2, 0) is 10.0 Å². The van der Waals surface area contributed by atoms with E-state index in [-0.39, 0.29) is 4.90 Å². The molecule has 1 aromatic carbocycles. The molecule has 0 aromatic heterocycles. The molecular weight excluding hydrogens is 260 g/mol. The van der Waals surface area contributed by atoms with Gasteiger partial charge in [-0.05, 0) is 38.1 Å². The van der Waals surface area contributed by atoms with Crippen LogP contribution in [0.5, 0.6) is 0 Å². The van der Waals surface area contributed by atoms with Crippen molar-refractivity contribution >= 4 is 21.6 Å². The summed E-state index contributed by atoms with van der Waals surface area (Å²) >= 11 is 5.80. The number of rotatable bonds is 3. The molecule has 0 amide bonds. The molecule has 6 heteroatoms. The highest BCUT2D eigenvalue weighted by atomic mass is 35.5. The number of hydrogen-bond acceptors (Lipinski definition) is 3. The molecule has 2 N–H and O–H groups in total. The lowest BCUT2D eigenvalue weighted by Gasteiger charge is -2.24. The highest BCUT2D eigenvalue weighted by Gasteiger charge is 2.33. The van der Waals surface area contributed by atoms with Gasteiger partial charge in [0.05, 0.1) is 4.90 Å². The molecule has 1 atom stereocenters. The largest absolute Gasteiger partial charge is 0.315 e. The maximum absolute atomic E-state index is 12.1. The van der Waals surface area contributed by atoms with Gasteiger partial charge in [-0.2, -0.15) is 0 Å². The Labute approximate surface area is 106 Å². The SMILES string of the molecule is CC1(NS(=O)(=O)c2cccc(Cl)c2)CCNC1. The van der Waals surface area contributed by atoms with Gasteiger partial charge in [-0.3, -0.25) is 0 Å². The predicted octanol–water partition coefficient (Wildman–Crippen LogP) is 1.37. The number of sulfonamides is 1. The van der Waals surface area contributed by atoms with Crippen LogP contribution in [0.1, 0.15) is 13.3 Å². The second-order valence-corrected chi connectivity index (χ2v) is 6.67. The van der Waals surface area contributed by atoms with Crippen LogP contribution in [0.25, 0.3) is 0 Å². The molecule has 1 aliphatic heterocycles. The van der Waals surface area contributed by atoms with Crippen LogP contribution in [0, 0.1) is 0 Å². The van der Waals surface area contributed by atoms with Crippen LogP contribution < -0.4 is 10.0 Å². The molecule has 1 fully saturated rings. The molecule has 1 aliphatic rings. The van der Waals surface area contributed by atoms with Gasteiger partial charge in [-0.1, -0.05) is 17.7 Å². The van der Waals surface area contributed by atoms with E-state index in [9.17, 15) is 8.42 Å². The quantitative estimate of drug-likeness (QED) is 0.875. The van der Waals surface area contributed by atoms with Crippen LogP contribution >= 0.6 is 11.6 Å². The van der Waals surface area contributed by atoms with Gasteiger partial charge in [0.25, 0.3) is 0 Å². The first-order valence-corrected chi connectivity index (χ1v) is 7.28. The zero-order valence-electron chi connectivity index (χ0n) is 9.53. The van der Waals surface area contributed by atoms with E-state index in [0.29, 0.717) is 11.6 Å². The van der Waals surface area contributed by atoms with Crippen LogP contribution in [0.3, 0.4) is 0 Å². The molecule has 1 aromatic rings. The molecule has 0 radical (unpaired) electrons. The smallest absolute Gasteiger partial charge is 0.241 e. The summed E-state index contributed by atoms with van der Waals surface area (Å²) in [6, 6.07) is 6.28. The molecular formula is C11H15ClN2O2S. The topological polar surface area (TPSA) is 58.2 Å². The first kappa shape index (κ1) is 12.8. The summed E-state index contributed by atoms with van der Waals surface area (Å²) in [5.41, 5.74) is -0.416. The number of benzene rings is 1. The minimum Gasteiger partial charge on any atom is -0.315 e. The third-order valence-corrected chi connectivity index (χ3v) is 4.73. The van der Waals surface area contributed by atoms with Crippen LogP contribution in [0.15, 0.2) is 29.2 Å². The van der Waals surface area contributed by atoms with E-state index in [1.165, 1.54) is 6.07 Å². The molecule has 1 unspecified atom stereocenters. The van der Waals surface area contributed by atoms with E-state index >= 15 is 0 Å². The van der Waals surface area contributed by atoms with E-state index in [4.69, 9.17) is 11.6 Å². The first-order chi connectivity index (χ1) is 7.91. The Morgan fingerprint density at radius 2 is 2.24 bits per heavy atom. The fourth-order valence-corrected chi connectivity index (χ4v) is 3.66. The Bertz CT molecular complexity index is 510. The fourth-order valence-electron chi connectivity index (χ4n) is 1.92. The Kier molecular flexibility index (Phi) is 3.45. The molecule has 17 heavy (non-hydrogen) atoms. The van der Waals surface area contributed by atoms with E-state index in [2.05, 4.69) is 10.0 Å². The van der Waals surface area contributed by atoms with Gasteiger partial charge < -0.3 is 5.32 Å². The molecule has 94 valence electrons. The Morgan fingerprint density at radius 1 is 1.47 bits per heavy atom. The minimum atomic E-state index is -3.50. The van der Waals surface area contributed by atoms with E-state index in [1.54, 1.807) is 18.2 Å². The summed E-state index contributed by atoms with van der Waals surface area (Å²) in [7, 11) is -3.50. The monoisotopic (exact) mass is 274 g/mol. The predicted molar refractivity (Wildman–Crippen MR) is 67.7 cm³/mol. The van der Waals surface area contributed by atoms with Crippen molar-refractivity contribution in [3.8, 4) is 0 Å². The normalized spacial score (nSPS) is 25.1. The standard InChI is InChI=1S/C11H15ClN2O2S/c1-11(5-6-13-8-11)14-17(15,16)10-4-2-3-9(12)7-10/h2-4,7,13-14H,5-6,8H2,1H3. The maximum atomic E-state index is 12.1. The number of hydrogen-bond donors (Lipinski definition) is 2. The Morgan fingerprint density at radius 3 is 2.82 bits per heavy atom. The van der Waals surface area contributed by atoms with Crippen molar-refractivity contribution < 1.29 is 8.42 Å². The Hall–Kier alpha value is -0.620. The lowest BCUT2D eigenvalue weighted by Crippen LogP contribution is -2.47. The molecule has 2 rings (SSSR count). The van der Waals surface area contributed by atoms with Crippen molar-refractivity contribution in [2.75, 3.05) is 13.1 Å². The summed E-state index contributed by atoms with van der Waals surface area (Å²) in [4.78, 5) is 0.207. The molecule has 1 saturated heterocycles. The highest BCUT2D eigenvalue weighted by Crippen LogP contribution is 2.20. The average Bonchev–Trinajstić information content (AvgIpc) is 2.64. The van der Waals surface area contributed by atoms with Gasteiger partial charge in [0, 0.05) is 17.1 Å². The third-order valence-electron chi connectivity index (χ3n) is 2.86. The molecule has 0 saturated carbocycles. The molecule has 0 aliphatic carbocycles. The molecule has 0 spiro atoms. The highest BCUT2D eigenvalue weighted by molar-refractivity contribution is 7.89. The summed E-state index contributed by atoms with van der Waals surface area (Å²) in [6.07, 6.45) is 0.785. The third kappa shape index (κ3) is 2.98. The van der Waals surface area contributed by atoms with Crippen LogP contribution in [0.4, 0.5) is 0 Å². The van der Waals surface area contributed by atoms with Crippen LogP contribution in [0.2, 0.25) is 5.02 Å². The lowest BCUT2D eigenvalue weighted by atomic mass is 10.0. The summed E-state index contributed by atoms with van der Waals surface area (Å²) in [5.74, 6) is 0. The van der Waals surface area contributed by atoms with Crippen LogP contribution in [-0.4, -0.2) is 27.0 Å². The van der Waals surface area contributed by atoms with Gasteiger partial charge >= 0.3 is 0 Å². The van der Waals surface area contributed by atoms with E-state index < -0.39 is 15.6 Å². The average molecular weight is 275 g/mol. The fraction of sp³-hybridized carbons (Fsp3) is 0.455. The van der Waals surface area contributed by atoms with E-state index in [1.807, 2.05) is 6.92 Å². The zero-order chi connectivity index (χ0) is 12.5. The zero-order valence-corrected chi connectivity index (χ0v) is 11.1. The minimum absolute atomic E-state index is 0.207. The summed E-state index contributed by atoms with van der Waals surface area (Å²) in [5, 5.41) is 3.56. The second-order valence-electron chi connectivity index (χ2n) is 4.55. The van der Waals surface area contributed by atoms with Crippen molar-refractivity contribution in [3.05, 3.63) is 29.3 Å². The van der Waals surface area contributed by atoms with Crippen molar-refractivity contribution in [1.82, 2.24) is 10.0 Å². The summed E-state index contributed by atoms with van der Waals surface area (Å²) in [6.45, 7) is 3.37. The van der Waals surface area contributed by atoms with Crippen molar-refractivity contribution in [2.24, 2.45) is 0 Å². The molecule has 0 bridgehead atoms. The van der Waals surface area contributed by atoms with Gasteiger partial charge in [0.15, 0.2) is 0 Å².